The molecule has 0 saturated carbocycles. The van der Waals surface area contributed by atoms with Crippen molar-refractivity contribution in [1.29, 1.82) is 0 Å². The lowest BCUT2D eigenvalue weighted by molar-refractivity contribution is -0.0924. The normalized spacial score (nSPS) is 18.3. The average molecular weight is 292 g/mol. The van der Waals surface area contributed by atoms with Gasteiger partial charge in [0, 0.05) is 12.0 Å². The molecule has 82 valence electrons. The molecule has 3 nitrogen and oxygen atoms in total. The van der Waals surface area contributed by atoms with Gasteiger partial charge >= 0.3 is 0 Å². The fraction of sp³-hybridized carbons (Fsp3) is 0.500. The van der Waals surface area contributed by atoms with Gasteiger partial charge < -0.3 is 10.1 Å². The highest BCUT2D eigenvalue weighted by Gasteiger charge is 2.32. The maximum atomic E-state index is 5.80. The molecule has 1 N–H and O–H groups in total. The molecule has 1 aliphatic rings. The molecule has 2 heterocycles. The van der Waals surface area contributed by atoms with Gasteiger partial charge in [0.25, 0.3) is 0 Å². The SMILES string of the molecule is CC1(CNc2cnc(Cl)c(Br)c2)COC1. The van der Waals surface area contributed by atoms with Crippen molar-refractivity contribution < 1.29 is 4.74 Å². The molecule has 1 aromatic rings. The van der Waals surface area contributed by atoms with E-state index < -0.39 is 0 Å². The van der Waals surface area contributed by atoms with Crippen LogP contribution < -0.4 is 5.32 Å². The number of aromatic nitrogens is 1. The lowest BCUT2D eigenvalue weighted by Gasteiger charge is -2.38. The summed E-state index contributed by atoms with van der Waals surface area (Å²) in [6.07, 6.45) is 1.73. The molecule has 0 unspecified atom stereocenters. The van der Waals surface area contributed by atoms with Gasteiger partial charge in [0.2, 0.25) is 0 Å². The standard InChI is InChI=1S/C10H12BrClN2O/c1-10(5-15-6-10)4-14-7-2-8(11)9(12)13-3-7/h2-3,14H,4-6H2,1H3. The van der Waals surface area contributed by atoms with Crippen LogP contribution in [0, 0.1) is 5.41 Å². The molecule has 1 fully saturated rings. The zero-order valence-electron chi connectivity index (χ0n) is 8.39. The summed E-state index contributed by atoms with van der Waals surface area (Å²) in [7, 11) is 0. The number of nitrogens with zero attached hydrogens (tertiary/aromatic N) is 1. The van der Waals surface area contributed by atoms with E-state index in [2.05, 4.69) is 33.2 Å². The van der Waals surface area contributed by atoms with Gasteiger partial charge in [0.15, 0.2) is 0 Å². The quantitative estimate of drug-likeness (QED) is 0.870. The van der Waals surface area contributed by atoms with Crippen LogP contribution in [-0.4, -0.2) is 24.7 Å². The maximum absolute atomic E-state index is 5.80. The Bertz CT molecular complexity index is 368. The molecule has 1 aliphatic heterocycles. The van der Waals surface area contributed by atoms with E-state index in [9.17, 15) is 0 Å². The molecule has 2 rings (SSSR count). The Morgan fingerprint density at radius 3 is 2.93 bits per heavy atom. The van der Waals surface area contributed by atoms with Gasteiger partial charge in [-0.05, 0) is 22.0 Å². The van der Waals surface area contributed by atoms with Crippen molar-refractivity contribution in [2.45, 2.75) is 6.92 Å². The summed E-state index contributed by atoms with van der Waals surface area (Å²) in [6.45, 7) is 4.73. The van der Waals surface area contributed by atoms with Gasteiger partial charge in [-0.25, -0.2) is 4.98 Å². The first-order chi connectivity index (χ1) is 7.09. The molecule has 0 aliphatic carbocycles. The highest BCUT2D eigenvalue weighted by atomic mass is 79.9. The maximum Gasteiger partial charge on any atom is 0.143 e. The van der Waals surface area contributed by atoms with E-state index in [0.29, 0.717) is 5.15 Å². The van der Waals surface area contributed by atoms with E-state index in [1.165, 1.54) is 0 Å². The van der Waals surface area contributed by atoms with E-state index in [1.54, 1.807) is 6.20 Å². The Morgan fingerprint density at radius 1 is 1.67 bits per heavy atom. The minimum atomic E-state index is 0.256. The molecule has 0 spiro atoms. The van der Waals surface area contributed by atoms with Crippen LogP contribution in [0.3, 0.4) is 0 Å². The molecule has 1 saturated heterocycles. The monoisotopic (exact) mass is 290 g/mol. The second kappa shape index (κ2) is 4.28. The minimum Gasteiger partial charge on any atom is -0.383 e. The van der Waals surface area contributed by atoms with Gasteiger partial charge in [0.1, 0.15) is 5.15 Å². The van der Waals surface area contributed by atoms with Crippen LogP contribution in [0.25, 0.3) is 0 Å². The predicted octanol–water partition coefficient (Wildman–Crippen LogP) is 2.95. The van der Waals surface area contributed by atoms with Crippen LogP contribution in [0.4, 0.5) is 5.69 Å². The van der Waals surface area contributed by atoms with Crippen molar-refractivity contribution in [2.75, 3.05) is 25.1 Å². The van der Waals surface area contributed by atoms with Crippen LogP contribution in [0.2, 0.25) is 5.15 Å². The first-order valence-corrected chi connectivity index (χ1v) is 5.89. The molecule has 1 aromatic heterocycles. The third-order valence-electron chi connectivity index (χ3n) is 2.42. The molecule has 0 amide bonds. The number of ether oxygens (including phenoxy) is 1. The van der Waals surface area contributed by atoms with E-state index in [0.717, 1.165) is 29.9 Å². The summed E-state index contributed by atoms with van der Waals surface area (Å²) in [5.41, 5.74) is 1.23. The number of halogens is 2. The number of nitrogens with one attached hydrogen (secondary N) is 1. The summed E-state index contributed by atoms with van der Waals surface area (Å²) in [5, 5.41) is 3.81. The summed E-state index contributed by atoms with van der Waals surface area (Å²) in [5.74, 6) is 0. The largest absolute Gasteiger partial charge is 0.383 e. The zero-order valence-corrected chi connectivity index (χ0v) is 10.7. The van der Waals surface area contributed by atoms with E-state index >= 15 is 0 Å². The summed E-state index contributed by atoms with van der Waals surface area (Å²) < 4.78 is 5.99. The predicted molar refractivity (Wildman–Crippen MR) is 64.4 cm³/mol. The molecule has 0 atom stereocenters. The van der Waals surface area contributed by atoms with Gasteiger partial charge in [-0.1, -0.05) is 18.5 Å². The molecule has 0 radical (unpaired) electrons. The second-order valence-electron chi connectivity index (χ2n) is 4.15. The van der Waals surface area contributed by atoms with Gasteiger partial charge in [-0.15, -0.1) is 0 Å². The Kier molecular flexibility index (Phi) is 3.19. The van der Waals surface area contributed by atoms with E-state index in [4.69, 9.17) is 16.3 Å². The molecule has 0 aromatic carbocycles. The zero-order chi connectivity index (χ0) is 10.9. The van der Waals surface area contributed by atoms with Crippen molar-refractivity contribution in [3.8, 4) is 0 Å². The minimum absolute atomic E-state index is 0.256. The summed E-state index contributed by atoms with van der Waals surface area (Å²) >= 11 is 9.14. The van der Waals surface area contributed by atoms with Crippen molar-refractivity contribution >= 4 is 33.2 Å². The molecule has 0 bridgehead atoms. The number of anilines is 1. The van der Waals surface area contributed by atoms with Crippen LogP contribution >= 0.6 is 27.5 Å². The molecule has 15 heavy (non-hydrogen) atoms. The number of hydrogen-bond acceptors (Lipinski definition) is 3. The third-order valence-corrected chi connectivity index (χ3v) is 3.55. The Morgan fingerprint density at radius 2 is 2.40 bits per heavy atom. The Labute approximate surface area is 102 Å². The topological polar surface area (TPSA) is 34.2 Å². The molecular formula is C10H12BrClN2O. The first-order valence-electron chi connectivity index (χ1n) is 4.72. The van der Waals surface area contributed by atoms with Crippen molar-refractivity contribution in [3.63, 3.8) is 0 Å². The lowest BCUT2D eigenvalue weighted by atomic mass is 9.89. The highest BCUT2D eigenvalue weighted by molar-refractivity contribution is 9.10. The van der Waals surface area contributed by atoms with Crippen LogP contribution in [-0.2, 0) is 4.74 Å². The van der Waals surface area contributed by atoms with Crippen LogP contribution in [0.1, 0.15) is 6.92 Å². The fourth-order valence-electron chi connectivity index (χ4n) is 1.39. The Hall–Kier alpha value is -0.320. The number of hydrogen-bond donors (Lipinski definition) is 1. The second-order valence-corrected chi connectivity index (χ2v) is 5.37. The first kappa shape index (κ1) is 11.2. The van der Waals surface area contributed by atoms with E-state index in [-0.39, 0.29) is 5.41 Å². The summed E-state index contributed by atoms with van der Waals surface area (Å²) in [4.78, 5) is 4.05. The Balaban J connectivity index is 1.96. The third kappa shape index (κ3) is 2.62. The van der Waals surface area contributed by atoms with Crippen molar-refractivity contribution in [2.24, 2.45) is 5.41 Å². The lowest BCUT2D eigenvalue weighted by Crippen LogP contribution is -2.45. The summed E-state index contributed by atoms with van der Waals surface area (Å²) in [6, 6.07) is 1.93. The van der Waals surface area contributed by atoms with Crippen LogP contribution in [0.15, 0.2) is 16.7 Å². The van der Waals surface area contributed by atoms with Crippen LogP contribution in [0.5, 0.6) is 0 Å². The average Bonchev–Trinajstić information content (AvgIpc) is 2.17. The fourth-order valence-corrected chi connectivity index (χ4v) is 1.84. The van der Waals surface area contributed by atoms with E-state index in [1.807, 2.05) is 6.07 Å². The van der Waals surface area contributed by atoms with Crippen molar-refractivity contribution in [1.82, 2.24) is 4.98 Å². The molecule has 5 heteroatoms. The highest BCUT2D eigenvalue weighted by Crippen LogP contribution is 2.28. The number of rotatable bonds is 3. The van der Waals surface area contributed by atoms with Gasteiger partial charge in [-0.3, -0.25) is 0 Å². The number of pyridine rings is 1. The smallest absolute Gasteiger partial charge is 0.143 e. The van der Waals surface area contributed by atoms with Gasteiger partial charge in [-0.2, -0.15) is 0 Å². The van der Waals surface area contributed by atoms with Crippen molar-refractivity contribution in [3.05, 3.63) is 21.9 Å². The molecular weight excluding hydrogens is 279 g/mol. The van der Waals surface area contributed by atoms with Gasteiger partial charge in [0.05, 0.1) is 29.6 Å².